The zero-order chi connectivity index (χ0) is 21.5. The third-order valence-corrected chi connectivity index (χ3v) is 4.48. The van der Waals surface area contributed by atoms with Crippen molar-refractivity contribution < 1.29 is 31.6 Å². The molecular formula is C18H15F4N5O3. The van der Waals surface area contributed by atoms with Crippen LogP contribution in [0.3, 0.4) is 0 Å². The van der Waals surface area contributed by atoms with E-state index in [-0.39, 0.29) is 30.3 Å². The minimum absolute atomic E-state index is 0.172. The number of amides is 1. The molecule has 1 saturated heterocycles. The van der Waals surface area contributed by atoms with Gasteiger partial charge in [0.1, 0.15) is 29.1 Å². The lowest BCUT2D eigenvalue weighted by Gasteiger charge is -2.40. The molecule has 0 aliphatic carbocycles. The van der Waals surface area contributed by atoms with Gasteiger partial charge in [0.25, 0.3) is 5.91 Å². The lowest BCUT2D eigenvalue weighted by atomic mass is 10.1. The minimum atomic E-state index is -4.67. The topological polar surface area (TPSA) is 85.4 Å². The van der Waals surface area contributed by atoms with Crippen LogP contribution >= 0.6 is 0 Å². The number of anilines is 2. The summed E-state index contributed by atoms with van der Waals surface area (Å²) in [6.07, 6.45) is -2.38. The third kappa shape index (κ3) is 3.93. The van der Waals surface area contributed by atoms with E-state index in [9.17, 15) is 22.4 Å². The Morgan fingerprint density at radius 1 is 1.30 bits per heavy atom. The van der Waals surface area contributed by atoms with Gasteiger partial charge >= 0.3 is 6.18 Å². The van der Waals surface area contributed by atoms with Crippen LogP contribution in [0, 0.1) is 5.82 Å². The lowest BCUT2D eigenvalue weighted by Crippen LogP contribution is -2.55. The van der Waals surface area contributed by atoms with Crippen molar-refractivity contribution in [3.05, 3.63) is 53.6 Å². The summed E-state index contributed by atoms with van der Waals surface area (Å²) < 4.78 is 63.9. The summed E-state index contributed by atoms with van der Waals surface area (Å²) in [5.74, 6) is -1.03. The Morgan fingerprint density at radius 3 is 2.73 bits per heavy atom. The second kappa shape index (κ2) is 7.35. The molecule has 1 aliphatic rings. The Kier molecular flexibility index (Phi) is 4.84. The molecule has 1 N–H and O–H groups in total. The van der Waals surface area contributed by atoms with Gasteiger partial charge in [-0.05, 0) is 12.1 Å². The number of benzene rings is 1. The average molecular weight is 425 g/mol. The lowest BCUT2D eigenvalue weighted by molar-refractivity contribution is -0.137. The summed E-state index contributed by atoms with van der Waals surface area (Å²) >= 11 is 0. The fourth-order valence-corrected chi connectivity index (χ4v) is 3.10. The molecule has 1 amide bonds. The van der Waals surface area contributed by atoms with Crippen LogP contribution in [0.15, 0.2) is 41.2 Å². The van der Waals surface area contributed by atoms with Gasteiger partial charge in [-0.15, -0.1) is 0 Å². The summed E-state index contributed by atoms with van der Waals surface area (Å²) in [5, 5.41) is 10.1. The number of ether oxygens (including phenoxy) is 1. The summed E-state index contributed by atoms with van der Waals surface area (Å²) in [6, 6.07) is 3.55. The van der Waals surface area contributed by atoms with Crippen LogP contribution in [-0.4, -0.2) is 40.0 Å². The molecule has 4 rings (SSSR count). The predicted octanol–water partition coefficient (Wildman–Crippen LogP) is 3.09. The molecule has 1 aliphatic heterocycles. The molecule has 1 aromatic carbocycles. The highest BCUT2D eigenvalue weighted by molar-refractivity contribution is 6.07. The smallest absolute Gasteiger partial charge is 0.416 e. The highest BCUT2D eigenvalue weighted by Crippen LogP contribution is 2.34. The van der Waals surface area contributed by atoms with Crippen LogP contribution in [0.2, 0.25) is 0 Å². The van der Waals surface area contributed by atoms with Crippen LogP contribution in [0.1, 0.15) is 15.9 Å². The average Bonchev–Trinajstić information content (AvgIpc) is 3.26. The largest absolute Gasteiger partial charge is 0.487 e. The number of aromatic nitrogens is 3. The Bertz CT molecular complexity index is 1060. The van der Waals surface area contributed by atoms with Gasteiger partial charge in [-0.3, -0.25) is 14.8 Å². The van der Waals surface area contributed by atoms with Gasteiger partial charge in [-0.2, -0.15) is 18.3 Å². The number of carbonyl (C=O) groups excluding carboxylic acids is 1. The number of alkyl halides is 3. The van der Waals surface area contributed by atoms with Crippen molar-refractivity contribution in [2.75, 3.05) is 23.3 Å². The van der Waals surface area contributed by atoms with E-state index in [0.717, 1.165) is 12.1 Å². The molecule has 30 heavy (non-hydrogen) atoms. The van der Waals surface area contributed by atoms with Crippen LogP contribution in [0.4, 0.5) is 29.3 Å². The summed E-state index contributed by atoms with van der Waals surface area (Å²) in [7, 11) is 1.65. The molecule has 0 bridgehead atoms. The summed E-state index contributed by atoms with van der Waals surface area (Å²) in [5.41, 5.74) is -0.843. The monoisotopic (exact) mass is 425 g/mol. The number of hydrogen-bond donors (Lipinski definition) is 1. The van der Waals surface area contributed by atoms with E-state index >= 15 is 0 Å². The SMILES string of the molecule is Cn1ncc(C(=O)Nc2ccno2)c1N1CC(Oc2cc(F)cc(C(F)(F)F)c2)C1. The van der Waals surface area contributed by atoms with E-state index in [1.165, 1.54) is 23.1 Å². The van der Waals surface area contributed by atoms with Crippen LogP contribution in [-0.2, 0) is 13.2 Å². The van der Waals surface area contributed by atoms with Gasteiger partial charge in [0.05, 0.1) is 31.0 Å². The van der Waals surface area contributed by atoms with Gasteiger partial charge in [0, 0.05) is 19.2 Å². The van der Waals surface area contributed by atoms with Gasteiger partial charge < -0.3 is 14.2 Å². The van der Waals surface area contributed by atoms with E-state index in [0.29, 0.717) is 11.9 Å². The molecule has 0 spiro atoms. The standard InChI is InChI=1S/C18H15F4N5O3/c1-26-17(14(7-23-26)16(28)25-15-2-3-24-30-15)27-8-13(9-27)29-12-5-10(18(20,21)22)4-11(19)6-12/h2-7,13H,8-9H2,1H3,(H,25,28). The maximum Gasteiger partial charge on any atom is 0.416 e. The maximum atomic E-state index is 13.5. The van der Waals surface area contributed by atoms with Crippen LogP contribution < -0.4 is 15.0 Å². The predicted molar refractivity (Wildman–Crippen MR) is 95.7 cm³/mol. The molecule has 3 aromatic rings. The van der Waals surface area contributed by atoms with Crippen LogP contribution in [0.5, 0.6) is 5.75 Å². The molecule has 3 heterocycles. The van der Waals surface area contributed by atoms with Gasteiger partial charge in [-0.25, -0.2) is 4.39 Å². The first kappa shape index (κ1) is 19.7. The Balaban J connectivity index is 1.43. The van der Waals surface area contributed by atoms with E-state index in [4.69, 9.17) is 9.26 Å². The molecule has 0 saturated carbocycles. The molecule has 158 valence electrons. The number of rotatable bonds is 5. The molecule has 1 fully saturated rings. The number of carbonyl (C=O) groups is 1. The number of aryl methyl sites for hydroxylation is 1. The highest BCUT2D eigenvalue weighted by atomic mass is 19.4. The third-order valence-electron chi connectivity index (χ3n) is 4.48. The Labute approximate surface area is 167 Å². The molecule has 0 radical (unpaired) electrons. The normalized spacial score (nSPS) is 14.5. The zero-order valence-electron chi connectivity index (χ0n) is 15.5. The molecule has 0 atom stereocenters. The zero-order valence-corrected chi connectivity index (χ0v) is 15.5. The van der Waals surface area contributed by atoms with Crippen molar-refractivity contribution in [1.29, 1.82) is 0 Å². The first-order valence-corrected chi connectivity index (χ1v) is 8.74. The van der Waals surface area contributed by atoms with Gasteiger partial charge in [0.15, 0.2) is 0 Å². The second-order valence-corrected chi connectivity index (χ2v) is 6.65. The van der Waals surface area contributed by atoms with Gasteiger partial charge in [-0.1, -0.05) is 5.16 Å². The van der Waals surface area contributed by atoms with Crippen molar-refractivity contribution in [3.63, 3.8) is 0 Å². The Hall–Kier alpha value is -3.57. The van der Waals surface area contributed by atoms with Crippen molar-refractivity contribution >= 4 is 17.6 Å². The van der Waals surface area contributed by atoms with E-state index in [1.807, 2.05) is 0 Å². The van der Waals surface area contributed by atoms with Crippen molar-refractivity contribution in [2.45, 2.75) is 12.3 Å². The number of nitrogens with zero attached hydrogens (tertiary/aromatic N) is 4. The fraction of sp³-hybridized carbons (Fsp3) is 0.278. The molecule has 12 heteroatoms. The molecule has 8 nitrogen and oxygen atoms in total. The molecular weight excluding hydrogens is 410 g/mol. The number of hydrogen-bond acceptors (Lipinski definition) is 6. The van der Waals surface area contributed by atoms with Crippen molar-refractivity contribution in [3.8, 4) is 5.75 Å². The van der Waals surface area contributed by atoms with E-state index in [1.54, 1.807) is 11.9 Å². The first-order chi connectivity index (χ1) is 14.2. The Morgan fingerprint density at radius 2 is 2.07 bits per heavy atom. The van der Waals surface area contributed by atoms with Crippen molar-refractivity contribution in [2.24, 2.45) is 7.05 Å². The van der Waals surface area contributed by atoms with E-state index < -0.39 is 29.6 Å². The van der Waals surface area contributed by atoms with Gasteiger partial charge in [0.2, 0.25) is 5.88 Å². The quantitative estimate of drug-likeness (QED) is 0.633. The maximum absolute atomic E-state index is 13.5. The molecule has 2 aromatic heterocycles. The fourth-order valence-electron chi connectivity index (χ4n) is 3.10. The first-order valence-electron chi connectivity index (χ1n) is 8.74. The second-order valence-electron chi connectivity index (χ2n) is 6.65. The summed E-state index contributed by atoms with van der Waals surface area (Å²) in [4.78, 5) is 14.2. The summed E-state index contributed by atoms with van der Waals surface area (Å²) in [6.45, 7) is 0.556. The van der Waals surface area contributed by atoms with Crippen molar-refractivity contribution in [1.82, 2.24) is 14.9 Å². The molecule has 0 unspecified atom stereocenters. The number of nitrogens with one attached hydrogen (secondary N) is 1. The van der Waals surface area contributed by atoms with E-state index in [2.05, 4.69) is 15.6 Å². The van der Waals surface area contributed by atoms with Crippen LogP contribution in [0.25, 0.3) is 0 Å². The number of halogens is 4. The highest BCUT2D eigenvalue weighted by Gasteiger charge is 2.35. The minimum Gasteiger partial charge on any atom is -0.487 e.